The minimum Gasteiger partial charge on any atom is -0.348 e. The molecule has 0 aliphatic heterocycles. The first-order valence-corrected chi connectivity index (χ1v) is 7.46. The van der Waals surface area contributed by atoms with E-state index in [9.17, 15) is 4.79 Å². The zero-order valence-electron chi connectivity index (χ0n) is 11.7. The van der Waals surface area contributed by atoms with Crippen molar-refractivity contribution in [3.05, 3.63) is 47.2 Å². The number of nitrogens with one attached hydrogen (secondary N) is 1. The lowest BCUT2D eigenvalue weighted by atomic mass is 10.1. The Morgan fingerprint density at radius 3 is 2.90 bits per heavy atom. The number of hydrogen-bond acceptors (Lipinski definition) is 6. The third kappa shape index (κ3) is 2.75. The topological polar surface area (TPSA) is 67.8 Å². The van der Waals surface area contributed by atoms with Gasteiger partial charge in [-0.1, -0.05) is 6.07 Å². The molecular weight excluding hydrogens is 284 g/mol. The van der Waals surface area contributed by atoms with E-state index in [0.29, 0.717) is 11.6 Å². The van der Waals surface area contributed by atoms with Gasteiger partial charge >= 0.3 is 0 Å². The van der Waals surface area contributed by atoms with Crippen LogP contribution < -0.4 is 5.32 Å². The summed E-state index contributed by atoms with van der Waals surface area (Å²) < 4.78 is 0.835. The van der Waals surface area contributed by atoms with Crippen molar-refractivity contribution in [2.24, 2.45) is 0 Å². The maximum absolute atomic E-state index is 11.7. The van der Waals surface area contributed by atoms with Gasteiger partial charge in [-0.15, -0.1) is 11.3 Å². The Balaban J connectivity index is 1.95. The molecule has 0 aliphatic rings. The highest BCUT2D eigenvalue weighted by atomic mass is 32.1. The van der Waals surface area contributed by atoms with E-state index in [1.165, 1.54) is 18.3 Å². The van der Waals surface area contributed by atoms with Crippen molar-refractivity contribution in [3.63, 3.8) is 0 Å². The number of carbonyl (C=O) groups excluding carboxylic acids is 1. The van der Waals surface area contributed by atoms with E-state index in [2.05, 4.69) is 20.3 Å². The Bertz CT molecular complexity index is 785. The molecule has 21 heavy (non-hydrogen) atoms. The van der Waals surface area contributed by atoms with Crippen LogP contribution in [0, 0.1) is 0 Å². The molecule has 0 spiro atoms. The molecule has 0 aromatic carbocycles. The van der Waals surface area contributed by atoms with Gasteiger partial charge in [0.2, 0.25) is 5.95 Å². The van der Waals surface area contributed by atoms with E-state index >= 15 is 0 Å². The highest BCUT2D eigenvalue weighted by molar-refractivity contribution is 7.17. The maximum atomic E-state index is 11.7. The zero-order chi connectivity index (χ0) is 14.8. The van der Waals surface area contributed by atoms with Crippen LogP contribution in [-0.2, 0) is 0 Å². The van der Waals surface area contributed by atoms with E-state index in [-0.39, 0.29) is 11.8 Å². The number of thiophene rings is 1. The number of pyridine rings is 1. The molecule has 0 unspecified atom stereocenters. The van der Waals surface area contributed by atoms with Gasteiger partial charge < -0.3 is 5.32 Å². The Hall–Kier alpha value is -2.34. The number of ketones is 1. The second-order valence-electron chi connectivity index (χ2n) is 4.74. The smallest absolute Gasteiger partial charge is 0.224 e. The summed E-state index contributed by atoms with van der Waals surface area (Å²) in [5.74, 6) is 0.407. The minimum absolute atomic E-state index is 0.00888. The second kappa shape index (κ2) is 5.57. The molecule has 106 valence electrons. The van der Waals surface area contributed by atoms with Crippen molar-refractivity contribution in [2.75, 3.05) is 5.32 Å². The molecule has 3 aromatic rings. The number of hydrogen-bond donors (Lipinski definition) is 1. The van der Waals surface area contributed by atoms with Gasteiger partial charge in [-0.2, -0.15) is 0 Å². The summed E-state index contributed by atoms with van der Waals surface area (Å²) >= 11 is 1.48. The van der Waals surface area contributed by atoms with E-state index in [1.807, 2.05) is 30.5 Å². The molecule has 1 N–H and O–H groups in total. The standard InChI is InChI=1S/C15H14N4OS/c1-9(11-4-3-6-16-8-11)17-15-18-12-5-7-21-14(12)13(19-15)10(2)20/h3-9H,1-2H3,(H,17,18,19)/t9-/m0/s1. The minimum atomic E-state index is -0.0538. The SMILES string of the molecule is CC(=O)c1nc(N[C@@H](C)c2cccnc2)nc2ccsc12. The molecular formula is C15H14N4OS. The van der Waals surface area contributed by atoms with Gasteiger partial charge in [0.05, 0.1) is 16.3 Å². The molecule has 0 saturated carbocycles. The molecule has 0 aliphatic carbocycles. The number of Topliss-reactive ketones (excluding diaryl/α,β-unsaturated/α-hetero) is 1. The number of carbonyl (C=O) groups is 1. The van der Waals surface area contributed by atoms with Crippen LogP contribution in [0.5, 0.6) is 0 Å². The van der Waals surface area contributed by atoms with Crippen LogP contribution in [-0.4, -0.2) is 20.7 Å². The Morgan fingerprint density at radius 1 is 1.33 bits per heavy atom. The van der Waals surface area contributed by atoms with Gasteiger partial charge in [0.1, 0.15) is 5.69 Å². The number of aromatic nitrogens is 3. The van der Waals surface area contributed by atoms with E-state index in [0.717, 1.165) is 15.8 Å². The molecule has 0 radical (unpaired) electrons. The Morgan fingerprint density at radius 2 is 2.19 bits per heavy atom. The van der Waals surface area contributed by atoms with E-state index in [4.69, 9.17) is 0 Å². The summed E-state index contributed by atoms with van der Waals surface area (Å²) in [6, 6.07) is 5.78. The fraction of sp³-hybridized carbons (Fsp3) is 0.200. The average molecular weight is 298 g/mol. The third-order valence-corrected chi connectivity index (χ3v) is 4.08. The highest BCUT2D eigenvalue weighted by Gasteiger charge is 2.14. The monoisotopic (exact) mass is 298 g/mol. The summed E-state index contributed by atoms with van der Waals surface area (Å²) in [5.41, 5.74) is 2.30. The van der Waals surface area contributed by atoms with Gasteiger partial charge in [-0.25, -0.2) is 9.97 Å². The predicted molar refractivity (Wildman–Crippen MR) is 83.7 cm³/mol. The van der Waals surface area contributed by atoms with Crippen molar-refractivity contribution in [1.82, 2.24) is 15.0 Å². The Kier molecular flexibility index (Phi) is 3.62. The van der Waals surface area contributed by atoms with Gasteiger partial charge in [0.15, 0.2) is 5.78 Å². The molecule has 3 aromatic heterocycles. The van der Waals surface area contributed by atoms with Crippen molar-refractivity contribution in [1.29, 1.82) is 0 Å². The number of fused-ring (bicyclic) bond motifs is 1. The number of nitrogens with zero attached hydrogens (tertiary/aromatic N) is 3. The maximum Gasteiger partial charge on any atom is 0.224 e. The largest absolute Gasteiger partial charge is 0.348 e. The molecule has 0 saturated heterocycles. The summed E-state index contributed by atoms with van der Waals surface area (Å²) in [6.07, 6.45) is 3.53. The van der Waals surface area contributed by atoms with Crippen molar-refractivity contribution in [2.45, 2.75) is 19.9 Å². The molecule has 3 rings (SSSR count). The lowest BCUT2D eigenvalue weighted by Crippen LogP contribution is -2.11. The van der Waals surface area contributed by atoms with Crippen LogP contribution in [0.15, 0.2) is 36.0 Å². The summed E-state index contributed by atoms with van der Waals surface area (Å²) in [5, 5.41) is 5.14. The lowest BCUT2D eigenvalue weighted by Gasteiger charge is -2.14. The van der Waals surface area contributed by atoms with E-state index < -0.39 is 0 Å². The third-order valence-electron chi connectivity index (χ3n) is 3.17. The molecule has 0 amide bonds. The summed E-state index contributed by atoms with van der Waals surface area (Å²) in [6.45, 7) is 3.53. The molecule has 6 heteroatoms. The van der Waals surface area contributed by atoms with Crippen LogP contribution in [0.2, 0.25) is 0 Å². The number of rotatable bonds is 4. The van der Waals surface area contributed by atoms with Crippen LogP contribution in [0.1, 0.15) is 35.9 Å². The fourth-order valence-electron chi connectivity index (χ4n) is 2.08. The summed E-state index contributed by atoms with van der Waals surface area (Å²) in [4.78, 5) is 24.7. The van der Waals surface area contributed by atoms with Gasteiger partial charge in [0, 0.05) is 19.3 Å². The zero-order valence-corrected chi connectivity index (χ0v) is 12.5. The summed E-state index contributed by atoms with van der Waals surface area (Å²) in [7, 11) is 0. The van der Waals surface area contributed by atoms with Crippen molar-refractivity contribution < 1.29 is 4.79 Å². The fourth-order valence-corrected chi connectivity index (χ4v) is 2.94. The molecule has 5 nitrogen and oxygen atoms in total. The van der Waals surface area contributed by atoms with Crippen LogP contribution in [0.4, 0.5) is 5.95 Å². The lowest BCUT2D eigenvalue weighted by molar-refractivity contribution is 0.101. The van der Waals surface area contributed by atoms with Crippen LogP contribution in [0.3, 0.4) is 0 Å². The first kappa shape index (κ1) is 13.6. The molecule has 0 bridgehead atoms. The van der Waals surface area contributed by atoms with Crippen molar-refractivity contribution in [3.8, 4) is 0 Å². The predicted octanol–water partition coefficient (Wildman–Crippen LogP) is 3.46. The first-order chi connectivity index (χ1) is 10.1. The van der Waals surface area contributed by atoms with Gasteiger partial charge in [0.25, 0.3) is 0 Å². The highest BCUT2D eigenvalue weighted by Crippen LogP contribution is 2.25. The second-order valence-corrected chi connectivity index (χ2v) is 5.66. The van der Waals surface area contributed by atoms with Crippen molar-refractivity contribution >= 4 is 33.3 Å². The van der Waals surface area contributed by atoms with Crippen LogP contribution >= 0.6 is 11.3 Å². The normalized spacial score (nSPS) is 12.3. The van der Waals surface area contributed by atoms with Gasteiger partial charge in [-0.3, -0.25) is 9.78 Å². The average Bonchev–Trinajstić information content (AvgIpc) is 2.95. The van der Waals surface area contributed by atoms with E-state index in [1.54, 1.807) is 12.4 Å². The molecule has 1 atom stereocenters. The first-order valence-electron chi connectivity index (χ1n) is 6.58. The van der Waals surface area contributed by atoms with Gasteiger partial charge in [-0.05, 0) is 30.0 Å². The molecule has 3 heterocycles. The quantitative estimate of drug-likeness (QED) is 0.747. The Labute approximate surface area is 126 Å². The van der Waals surface area contributed by atoms with Crippen LogP contribution in [0.25, 0.3) is 10.2 Å². The number of anilines is 1. The molecule has 0 fully saturated rings.